The van der Waals surface area contributed by atoms with Gasteiger partial charge in [0.15, 0.2) is 4.96 Å². The second-order valence-electron chi connectivity index (χ2n) is 9.83. The molecule has 1 aromatic carbocycles. The highest BCUT2D eigenvalue weighted by Crippen LogP contribution is 2.25. The average molecular weight is 473 g/mol. The summed E-state index contributed by atoms with van der Waals surface area (Å²) in [4.78, 5) is 23.1. The van der Waals surface area contributed by atoms with Gasteiger partial charge >= 0.3 is 0 Å². The molecule has 0 bridgehead atoms. The van der Waals surface area contributed by atoms with Gasteiger partial charge in [-0.05, 0) is 29.7 Å². The van der Waals surface area contributed by atoms with Crippen LogP contribution >= 0.6 is 11.3 Å². The molecule has 2 aromatic heterocycles. The molecule has 0 unspecified atom stereocenters. The number of benzene rings is 1. The summed E-state index contributed by atoms with van der Waals surface area (Å²) in [6.07, 6.45) is 3.30. The summed E-state index contributed by atoms with van der Waals surface area (Å²) >= 11 is 1.59. The number of carbonyl (C=O) groups is 1. The molecule has 0 spiro atoms. The zero-order valence-corrected chi connectivity index (χ0v) is 20.5. The molecule has 0 aliphatic carbocycles. The SMILES string of the molecule is CC(C)(C)CC(=O)N(CCc1csc2nc(-c3ccc(F)cc3)cn12)CCN1CCOCC1. The van der Waals surface area contributed by atoms with E-state index in [1.54, 1.807) is 23.5 Å². The van der Waals surface area contributed by atoms with E-state index in [0.29, 0.717) is 13.0 Å². The number of aromatic nitrogens is 2. The van der Waals surface area contributed by atoms with Gasteiger partial charge in [0.1, 0.15) is 5.82 Å². The maximum absolute atomic E-state index is 13.3. The van der Waals surface area contributed by atoms with Crippen LogP contribution in [0.4, 0.5) is 4.39 Å². The molecule has 1 saturated heterocycles. The molecule has 8 heteroatoms. The van der Waals surface area contributed by atoms with E-state index in [2.05, 4.69) is 35.5 Å². The van der Waals surface area contributed by atoms with E-state index >= 15 is 0 Å². The largest absolute Gasteiger partial charge is 0.379 e. The van der Waals surface area contributed by atoms with Gasteiger partial charge in [0.2, 0.25) is 5.91 Å². The van der Waals surface area contributed by atoms with Crippen molar-refractivity contribution in [2.75, 3.05) is 45.9 Å². The fourth-order valence-electron chi connectivity index (χ4n) is 4.03. The van der Waals surface area contributed by atoms with Crippen LogP contribution < -0.4 is 0 Å². The van der Waals surface area contributed by atoms with Gasteiger partial charge in [-0.2, -0.15) is 0 Å². The van der Waals surface area contributed by atoms with Crippen LogP contribution in [0.1, 0.15) is 32.9 Å². The standard InChI is InChI=1S/C25H33FN4O2S/c1-25(2,3)16-23(31)29(11-10-28-12-14-32-15-13-28)9-8-21-18-33-24-27-22(17-30(21)24)19-4-6-20(26)7-5-19/h4-7,17-18H,8-16H2,1-3H3. The van der Waals surface area contributed by atoms with Gasteiger partial charge in [0.05, 0.1) is 18.9 Å². The first kappa shape index (κ1) is 23.9. The summed E-state index contributed by atoms with van der Waals surface area (Å²) in [7, 11) is 0. The smallest absolute Gasteiger partial charge is 0.223 e. The Hall–Kier alpha value is -2.29. The molecule has 33 heavy (non-hydrogen) atoms. The Balaban J connectivity index is 1.45. The number of imidazole rings is 1. The molecule has 3 heterocycles. The van der Waals surface area contributed by atoms with Gasteiger partial charge in [-0.15, -0.1) is 11.3 Å². The maximum Gasteiger partial charge on any atom is 0.223 e. The van der Waals surface area contributed by atoms with E-state index in [4.69, 9.17) is 9.72 Å². The minimum atomic E-state index is -0.252. The van der Waals surface area contributed by atoms with Crippen molar-refractivity contribution in [3.63, 3.8) is 0 Å². The van der Waals surface area contributed by atoms with Crippen LogP contribution in [0.3, 0.4) is 0 Å². The van der Waals surface area contributed by atoms with Crippen LogP contribution in [0.2, 0.25) is 0 Å². The summed E-state index contributed by atoms with van der Waals surface area (Å²) in [5, 5.41) is 2.12. The number of ether oxygens (including phenoxy) is 1. The van der Waals surface area contributed by atoms with Crippen LogP contribution in [-0.4, -0.2) is 71.0 Å². The number of rotatable bonds is 8. The van der Waals surface area contributed by atoms with Gasteiger partial charge in [-0.25, -0.2) is 9.37 Å². The fourth-order valence-corrected chi connectivity index (χ4v) is 4.94. The molecule has 0 N–H and O–H groups in total. The number of hydrogen-bond acceptors (Lipinski definition) is 5. The van der Waals surface area contributed by atoms with Crippen LogP contribution in [0.25, 0.3) is 16.2 Å². The topological polar surface area (TPSA) is 50.1 Å². The van der Waals surface area contributed by atoms with Crippen LogP contribution in [0.5, 0.6) is 0 Å². The molecule has 0 radical (unpaired) electrons. The first-order valence-electron chi connectivity index (χ1n) is 11.6. The molecule has 1 aliphatic heterocycles. The summed E-state index contributed by atoms with van der Waals surface area (Å²) in [5.74, 6) is -0.0441. The number of halogens is 1. The van der Waals surface area contributed by atoms with Gasteiger partial charge < -0.3 is 9.64 Å². The lowest BCUT2D eigenvalue weighted by molar-refractivity contribution is -0.133. The lowest BCUT2D eigenvalue weighted by Crippen LogP contribution is -2.44. The third-order valence-electron chi connectivity index (χ3n) is 5.89. The molecule has 1 fully saturated rings. The number of morpholine rings is 1. The van der Waals surface area contributed by atoms with Crippen molar-refractivity contribution in [1.82, 2.24) is 19.2 Å². The highest BCUT2D eigenvalue weighted by atomic mass is 32.1. The normalized spacial score (nSPS) is 15.3. The Bertz CT molecular complexity index is 1060. The molecular formula is C25H33FN4O2S. The van der Waals surface area contributed by atoms with Crippen molar-refractivity contribution in [2.45, 2.75) is 33.6 Å². The highest BCUT2D eigenvalue weighted by molar-refractivity contribution is 7.15. The zero-order chi connectivity index (χ0) is 23.4. The van der Waals surface area contributed by atoms with Crippen LogP contribution in [0, 0.1) is 11.2 Å². The van der Waals surface area contributed by atoms with Gasteiger partial charge in [-0.3, -0.25) is 14.1 Å². The summed E-state index contributed by atoms with van der Waals surface area (Å²) in [6.45, 7) is 12.0. The lowest BCUT2D eigenvalue weighted by Gasteiger charge is -2.31. The monoisotopic (exact) mass is 472 g/mol. The lowest BCUT2D eigenvalue weighted by atomic mass is 9.91. The van der Waals surface area contributed by atoms with E-state index in [9.17, 15) is 9.18 Å². The van der Waals surface area contributed by atoms with E-state index in [1.165, 1.54) is 12.1 Å². The van der Waals surface area contributed by atoms with Crippen molar-refractivity contribution < 1.29 is 13.9 Å². The number of fused-ring (bicyclic) bond motifs is 1. The minimum Gasteiger partial charge on any atom is -0.379 e. The van der Waals surface area contributed by atoms with Crippen molar-refractivity contribution in [2.24, 2.45) is 5.41 Å². The Kier molecular flexibility index (Phi) is 7.46. The summed E-state index contributed by atoms with van der Waals surface area (Å²) in [5.41, 5.74) is 2.82. The predicted molar refractivity (Wildman–Crippen MR) is 130 cm³/mol. The molecular weight excluding hydrogens is 439 g/mol. The van der Waals surface area contributed by atoms with E-state index in [1.807, 2.05) is 11.1 Å². The molecule has 3 aromatic rings. The molecule has 6 nitrogen and oxygen atoms in total. The van der Waals surface area contributed by atoms with Gasteiger partial charge in [-0.1, -0.05) is 20.8 Å². The third-order valence-corrected chi connectivity index (χ3v) is 6.77. The molecule has 178 valence electrons. The Labute approximate surface area is 199 Å². The number of thiazole rings is 1. The van der Waals surface area contributed by atoms with E-state index in [-0.39, 0.29) is 17.1 Å². The van der Waals surface area contributed by atoms with Crippen molar-refractivity contribution in [1.29, 1.82) is 0 Å². The molecule has 1 amide bonds. The highest BCUT2D eigenvalue weighted by Gasteiger charge is 2.22. The number of hydrogen-bond donors (Lipinski definition) is 0. The maximum atomic E-state index is 13.3. The van der Waals surface area contributed by atoms with Gasteiger partial charge in [0.25, 0.3) is 0 Å². The summed E-state index contributed by atoms with van der Waals surface area (Å²) in [6, 6.07) is 6.41. The minimum absolute atomic E-state index is 0.0433. The second kappa shape index (κ2) is 10.3. The summed E-state index contributed by atoms with van der Waals surface area (Å²) < 4.78 is 20.8. The Morgan fingerprint density at radius 1 is 1.18 bits per heavy atom. The number of nitrogens with zero attached hydrogens (tertiary/aromatic N) is 4. The predicted octanol–water partition coefficient (Wildman–Crippen LogP) is 4.34. The van der Waals surface area contributed by atoms with Crippen LogP contribution in [-0.2, 0) is 16.0 Å². The van der Waals surface area contributed by atoms with Crippen molar-refractivity contribution in [3.8, 4) is 11.3 Å². The average Bonchev–Trinajstić information content (AvgIpc) is 3.35. The number of carbonyl (C=O) groups excluding carboxylic acids is 1. The first-order chi connectivity index (χ1) is 15.8. The zero-order valence-electron chi connectivity index (χ0n) is 19.7. The Morgan fingerprint density at radius 3 is 2.61 bits per heavy atom. The van der Waals surface area contributed by atoms with Gasteiger partial charge in [0, 0.05) is 68.4 Å². The first-order valence-corrected chi connectivity index (χ1v) is 12.5. The fraction of sp³-hybridized carbons (Fsp3) is 0.520. The van der Waals surface area contributed by atoms with Crippen molar-refractivity contribution in [3.05, 3.63) is 47.4 Å². The van der Waals surface area contributed by atoms with E-state index in [0.717, 1.165) is 67.7 Å². The number of amides is 1. The Morgan fingerprint density at radius 2 is 1.91 bits per heavy atom. The molecule has 1 aliphatic rings. The van der Waals surface area contributed by atoms with Crippen molar-refractivity contribution >= 4 is 22.2 Å². The van der Waals surface area contributed by atoms with Crippen LogP contribution in [0.15, 0.2) is 35.8 Å². The quantitative estimate of drug-likeness (QED) is 0.489. The van der Waals surface area contributed by atoms with E-state index < -0.39 is 0 Å². The molecule has 0 saturated carbocycles. The third kappa shape index (κ3) is 6.40. The molecule has 0 atom stereocenters. The second-order valence-corrected chi connectivity index (χ2v) is 10.7. The molecule has 4 rings (SSSR count).